The Kier molecular flexibility index (Phi) is 5.05. The fourth-order valence-electron chi connectivity index (χ4n) is 1.77. The molecule has 1 saturated heterocycles. The van der Waals surface area contributed by atoms with Gasteiger partial charge in [0.25, 0.3) is 0 Å². The van der Waals surface area contributed by atoms with Crippen LogP contribution in [-0.4, -0.2) is 49.2 Å². The maximum atomic E-state index is 11.9. The van der Waals surface area contributed by atoms with Gasteiger partial charge in [0.1, 0.15) is 0 Å². The number of hydrogen-bond donors (Lipinski definition) is 1. The van der Waals surface area contributed by atoms with Crippen molar-refractivity contribution in [1.82, 2.24) is 10.2 Å². The first-order valence-electron chi connectivity index (χ1n) is 5.77. The highest BCUT2D eigenvalue weighted by atomic mass is 16.5. The first-order chi connectivity index (χ1) is 7.15. The Balaban J connectivity index is 2.35. The first-order valence-corrected chi connectivity index (χ1v) is 5.77. The summed E-state index contributed by atoms with van der Waals surface area (Å²) in [7, 11) is 0. The molecule has 0 aromatic carbocycles. The molecule has 4 nitrogen and oxygen atoms in total. The average Bonchev–Trinajstić information content (AvgIpc) is 2.22. The minimum Gasteiger partial charge on any atom is -0.375 e. The van der Waals surface area contributed by atoms with Crippen molar-refractivity contribution in [2.75, 3.05) is 26.2 Å². The van der Waals surface area contributed by atoms with Crippen LogP contribution in [0.4, 0.5) is 0 Å². The van der Waals surface area contributed by atoms with Crippen molar-refractivity contribution >= 4 is 5.91 Å². The van der Waals surface area contributed by atoms with Crippen LogP contribution in [0.5, 0.6) is 0 Å². The van der Waals surface area contributed by atoms with Crippen molar-refractivity contribution < 1.29 is 9.53 Å². The predicted molar refractivity (Wildman–Crippen MR) is 59.7 cm³/mol. The van der Waals surface area contributed by atoms with Gasteiger partial charge in [-0.05, 0) is 20.4 Å². The summed E-state index contributed by atoms with van der Waals surface area (Å²) in [5.74, 6) is 0.235. The van der Waals surface area contributed by atoms with E-state index in [0.717, 1.165) is 19.6 Å². The lowest BCUT2D eigenvalue weighted by molar-refractivity contribution is -0.143. The van der Waals surface area contributed by atoms with E-state index in [1.54, 1.807) is 0 Å². The average molecular weight is 214 g/mol. The van der Waals surface area contributed by atoms with Crippen LogP contribution >= 0.6 is 0 Å². The van der Waals surface area contributed by atoms with E-state index in [4.69, 9.17) is 4.74 Å². The maximum Gasteiger partial charge on any atom is 0.224 e. The van der Waals surface area contributed by atoms with Gasteiger partial charge in [-0.3, -0.25) is 4.79 Å². The zero-order valence-corrected chi connectivity index (χ0v) is 9.95. The van der Waals surface area contributed by atoms with Crippen LogP contribution < -0.4 is 5.32 Å². The van der Waals surface area contributed by atoms with Gasteiger partial charge in [0.2, 0.25) is 5.91 Å². The monoisotopic (exact) mass is 214 g/mol. The molecule has 0 spiro atoms. The van der Waals surface area contributed by atoms with Crippen molar-refractivity contribution in [1.29, 1.82) is 0 Å². The third-order valence-electron chi connectivity index (χ3n) is 2.69. The second-order valence-electron chi connectivity index (χ2n) is 4.14. The molecule has 4 heteroatoms. The molecule has 0 radical (unpaired) electrons. The number of carbonyl (C=O) groups excluding carboxylic acids is 1. The van der Waals surface area contributed by atoms with Gasteiger partial charge in [0, 0.05) is 19.5 Å². The van der Waals surface area contributed by atoms with Crippen LogP contribution in [0.25, 0.3) is 0 Å². The van der Waals surface area contributed by atoms with E-state index in [0.29, 0.717) is 13.0 Å². The molecule has 2 atom stereocenters. The van der Waals surface area contributed by atoms with E-state index in [2.05, 4.69) is 5.32 Å². The summed E-state index contributed by atoms with van der Waals surface area (Å²) in [6.45, 7) is 9.17. The van der Waals surface area contributed by atoms with Gasteiger partial charge in [-0.2, -0.15) is 0 Å². The third kappa shape index (κ3) is 3.80. The first kappa shape index (κ1) is 12.5. The molecule has 1 N–H and O–H groups in total. The van der Waals surface area contributed by atoms with Gasteiger partial charge in [0.05, 0.1) is 18.8 Å². The number of hydrogen-bond acceptors (Lipinski definition) is 3. The highest BCUT2D eigenvalue weighted by Crippen LogP contribution is 2.12. The number of ether oxygens (including phenoxy) is 1. The standard InChI is InChI=1S/C11H22N2O2/c1-4-12-6-5-11(14)13-7-10(3)15-8-9(13)2/h9-10,12H,4-8H2,1-3H3. The highest BCUT2D eigenvalue weighted by Gasteiger charge is 2.26. The smallest absolute Gasteiger partial charge is 0.224 e. The molecule has 1 aliphatic rings. The lowest BCUT2D eigenvalue weighted by atomic mass is 10.2. The van der Waals surface area contributed by atoms with Crippen molar-refractivity contribution in [3.05, 3.63) is 0 Å². The van der Waals surface area contributed by atoms with Crippen molar-refractivity contribution in [2.24, 2.45) is 0 Å². The zero-order valence-electron chi connectivity index (χ0n) is 9.95. The largest absolute Gasteiger partial charge is 0.375 e. The summed E-state index contributed by atoms with van der Waals surface area (Å²) in [4.78, 5) is 13.8. The summed E-state index contributed by atoms with van der Waals surface area (Å²) in [6, 6.07) is 0.218. The van der Waals surface area contributed by atoms with Crippen LogP contribution in [-0.2, 0) is 9.53 Å². The van der Waals surface area contributed by atoms with Gasteiger partial charge < -0.3 is 15.0 Å². The normalized spacial score (nSPS) is 26.7. The van der Waals surface area contributed by atoms with Gasteiger partial charge in [-0.15, -0.1) is 0 Å². The van der Waals surface area contributed by atoms with Gasteiger partial charge >= 0.3 is 0 Å². The Morgan fingerprint density at radius 3 is 2.93 bits per heavy atom. The van der Waals surface area contributed by atoms with Crippen LogP contribution in [0.2, 0.25) is 0 Å². The van der Waals surface area contributed by atoms with E-state index in [1.807, 2.05) is 25.7 Å². The highest BCUT2D eigenvalue weighted by molar-refractivity contribution is 5.76. The zero-order chi connectivity index (χ0) is 11.3. The predicted octanol–water partition coefficient (Wildman–Crippen LogP) is 0.622. The molecular weight excluding hydrogens is 192 g/mol. The Morgan fingerprint density at radius 1 is 1.53 bits per heavy atom. The third-order valence-corrected chi connectivity index (χ3v) is 2.69. The molecule has 0 saturated carbocycles. The summed E-state index contributed by atoms with van der Waals surface area (Å²) >= 11 is 0. The Hall–Kier alpha value is -0.610. The summed E-state index contributed by atoms with van der Waals surface area (Å²) < 4.78 is 5.49. The lowest BCUT2D eigenvalue weighted by Gasteiger charge is -2.36. The molecule has 88 valence electrons. The number of nitrogens with zero attached hydrogens (tertiary/aromatic N) is 1. The van der Waals surface area contributed by atoms with Crippen LogP contribution in [0, 0.1) is 0 Å². The number of carbonyl (C=O) groups is 1. The maximum absolute atomic E-state index is 11.9. The summed E-state index contributed by atoms with van der Waals surface area (Å²) in [5, 5.41) is 3.17. The van der Waals surface area contributed by atoms with Crippen LogP contribution in [0.1, 0.15) is 27.2 Å². The topological polar surface area (TPSA) is 41.6 Å². The van der Waals surface area contributed by atoms with E-state index in [-0.39, 0.29) is 18.1 Å². The molecule has 2 unspecified atom stereocenters. The van der Waals surface area contributed by atoms with Crippen molar-refractivity contribution in [2.45, 2.75) is 39.3 Å². The quantitative estimate of drug-likeness (QED) is 0.698. The molecule has 0 bridgehead atoms. The number of amides is 1. The van der Waals surface area contributed by atoms with Gasteiger partial charge in [0.15, 0.2) is 0 Å². The van der Waals surface area contributed by atoms with Crippen molar-refractivity contribution in [3.8, 4) is 0 Å². The minimum atomic E-state index is 0.171. The fourth-order valence-corrected chi connectivity index (χ4v) is 1.77. The fraction of sp³-hybridized carbons (Fsp3) is 0.909. The molecular formula is C11H22N2O2. The molecule has 1 amide bonds. The van der Waals surface area contributed by atoms with E-state index in [9.17, 15) is 4.79 Å². The molecule has 0 aliphatic carbocycles. The summed E-state index contributed by atoms with van der Waals surface area (Å²) in [6.07, 6.45) is 0.759. The van der Waals surface area contributed by atoms with E-state index in [1.165, 1.54) is 0 Å². The van der Waals surface area contributed by atoms with Crippen LogP contribution in [0.15, 0.2) is 0 Å². The second kappa shape index (κ2) is 6.08. The summed E-state index contributed by atoms with van der Waals surface area (Å²) in [5.41, 5.74) is 0. The van der Waals surface area contributed by atoms with Gasteiger partial charge in [-0.1, -0.05) is 6.92 Å². The minimum absolute atomic E-state index is 0.171. The van der Waals surface area contributed by atoms with Gasteiger partial charge in [-0.25, -0.2) is 0 Å². The van der Waals surface area contributed by atoms with E-state index < -0.39 is 0 Å². The number of nitrogens with one attached hydrogen (secondary N) is 1. The molecule has 1 aliphatic heterocycles. The SMILES string of the molecule is CCNCCC(=O)N1CC(C)OCC1C. The van der Waals surface area contributed by atoms with E-state index >= 15 is 0 Å². The number of morpholine rings is 1. The Morgan fingerprint density at radius 2 is 2.27 bits per heavy atom. The van der Waals surface area contributed by atoms with Crippen molar-refractivity contribution in [3.63, 3.8) is 0 Å². The molecule has 0 aromatic rings. The second-order valence-corrected chi connectivity index (χ2v) is 4.14. The molecule has 0 aromatic heterocycles. The lowest BCUT2D eigenvalue weighted by Crippen LogP contribution is -2.50. The molecule has 1 heterocycles. The number of rotatable bonds is 4. The molecule has 1 fully saturated rings. The Labute approximate surface area is 92.0 Å². The molecule has 1 rings (SSSR count). The Bertz CT molecular complexity index is 209. The van der Waals surface area contributed by atoms with Crippen LogP contribution in [0.3, 0.4) is 0 Å². The molecule has 15 heavy (non-hydrogen) atoms.